The Morgan fingerprint density at radius 2 is 1.03 bits per heavy atom. The predicted octanol–water partition coefficient (Wildman–Crippen LogP) is 8.07. The van der Waals surface area contributed by atoms with Gasteiger partial charge in [-0.15, -0.1) is 0 Å². The number of aryl methyl sites for hydroxylation is 2. The van der Waals surface area contributed by atoms with Gasteiger partial charge in [-0.3, -0.25) is 4.57 Å². The molecular weight excluding hydrogens is 452 g/mol. The number of hydrogen-bond acceptors (Lipinski definition) is 3. The number of aromatic nitrogens is 4. The number of benzene rings is 5. The summed E-state index contributed by atoms with van der Waals surface area (Å²) < 4.78 is 2.20. The smallest absolute Gasteiger partial charge is 0.238 e. The summed E-state index contributed by atoms with van der Waals surface area (Å²) in [7, 11) is 0. The van der Waals surface area contributed by atoms with Gasteiger partial charge in [-0.25, -0.2) is 4.98 Å². The summed E-state index contributed by atoms with van der Waals surface area (Å²) in [6.45, 7) is 4.37. The van der Waals surface area contributed by atoms with E-state index in [1.165, 1.54) is 32.7 Å². The minimum Gasteiger partial charge on any atom is -0.278 e. The van der Waals surface area contributed by atoms with Gasteiger partial charge in [0, 0.05) is 21.9 Å². The van der Waals surface area contributed by atoms with Gasteiger partial charge in [0.15, 0.2) is 11.6 Å². The highest BCUT2D eigenvalue weighted by molar-refractivity contribution is 6.22. The molecule has 0 atom stereocenters. The summed E-state index contributed by atoms with van der Waals surface area (Å²) in [5.74, 6) is 1.93. The van der Waals surface area contributed by atoms with E-state index in [0.29, 0.717) is 17.6 Å². The van der Waals surface area contributed by atoms with E-state index in [1.54, 1.807) is 0 Å². The van der Waals surface area contributed by atoms with Crippen LogP contribution in [-0.4, -0.2) is 19.5 Å². The summed E-state index contributed by atoms with van der Waals surface area (Å²) in [6, 6.07) is 37.6. The lowest BCUT2D eigenvalue weighted by atomic mass is 9.98. The second-order valence-corrected chi connectivity index (χ2v) is 9.45. The minimum atomic E-state index is 0.617. The van der Waals surface area contributed by atoms with Crippen LogP contribution in [0.3, 0.4) is 0 Å². The van der Waals surface area contributed by atoms with Crippen molar-refractivity contribution in [3.63, 3.8) is 0 Å². The Hall–Kier alpha value is -4.83. The Bertz CT molecular complexity index is 1880. The van der Waals surface area contributed by atoms with Crippen LogP contribution in [0.5, 0.6) is 0 Å². The molecule has 0 spiro atoms. The fraction of sp³-hybridized carbons (Fsp3) is 0.0606. The zero-order valence-corrected chi connectivity index (χ0v) is 20.7. The van der Waals surface area contributed by atoms with Crippen LogP contribution in [0.1, 0.15) is 11.1 Å². The quantitative estimate of drug-likeness (QED) is 0.259. The predicted molar refractivity (Wildman–Crippen MR) is 152 cm³/mol. The van der Waals surface area contributed by atoms with Crippen LogP contribution in [0.4, 0.5) is 0 Å². The number of nitrogens with zero attached hydrogens (tertiary/aromatic N) is 4. The molecule has 0 unspecified atom stereocenters. The van der Waals surface area contributed by atoms with E-state index in [0.717, 1.165) is 22.2 Å². The van der Waals surface area contributed by atoms with Crippen LogP contribution in [0.2, 0.25) is 0 Å². The van der Waals surface area contributed by atoms with Gasteiger partial charge in [0.05, 0.1) is 11.0 Å². The Kier molecular flexibility index (Phi) is 4.86. The van der Waals surface area contributed by atoms with Gasteiger partial charge in [0.25, 0.3) is 0 Å². The molecule has 0 saturated carbocycles. The molecule has 7 rings (SSSR count). The van der Waals surface area contributed by atoms with E-state index in [1.807, 2.05) is 60.7 Å². The molecule has 0 aliphatic heterocycles. The van der Waals surface area contributed by atoms with Crippen molar-refractivity contribution in [2.24, 2.45) is 0 Å². The third-order valence-corrected chi connectivity index (χ3v) is 7.10. The third-order valence-electron chi connectivity index (χ3n) is 7.10. The molecule has 0 radical (unpaired) electrons. The first kappa shape index (κ1) is 21.5. The van der Waals surface area contributed by atoms with Crippen LogP contribution < -0.4 is 0 Å². The highest BCUT2D eigenvalue weighted by Gasteiger charge is 2.20. The lowest BCUT2D eigenvalue weighted by Crippen LogP contribution is -2.06. The van der Waals surface area contributed by atoms with Crippen LogP contribution >= 0.6 is 0 Å². The van der Waals surface area contributed by atoms with Crippen LogP contribution in [0.25, 0.3) is 61.3 Å². The number of rotatable bonds is 3. The molecule has 0 aliphatic rings. The average molecular weight is 477 g/mol. The van der Waals surface area contributed by atoms with Crippen molar-refractivity contribution in [2.75, 3.05) is 0 Å². The summed E-state index contributed by atoms with van der Waals surface area (Å²) in [5, 5.41) is 4.99. The minimum absolute atomic E-state index is 0.617. The summed E-state index contributed by atoms with van der Waals surface area (Å²) in [5.41, 5.74) is 6.60. The normalized spacial score (nSPS) is 11.5. The first-order valence-electron chi connectivity index (χ1n) is 12.5. The highest BCUT2D eigenvalue weighted by atomic mass is 15.2. The topological polar surface area (TPSA) is 43.6 Å². The molecule has 0 amide bonds. The van der Waals surface area contributed by atoms with Crippen molar-refractivity contribution in [2.45, 2.75) is 13.8 Å². The highest BCUT2D eigenvalue weighted by Crippen LogP contribution is 2.39. The molecule has 176 valence electrons. The van der Waals surface area contributed by atoms with Gasteiger partial charge < -0.3 is 0 Å². The molecule has 4 heteroatoms. The van der Waals surface area contributed by atoms with Crippen LogP contribution in [-0.2, 0) is 0 Å². The van der Waals surface area contributed by atoms with Crippen molar-refractivity contribution in [1.29, 1.82) is 0 Å². The van der Waals surface area contributed by atoms with Crippen LogP contribution in [0, 0.1) is 13.8 Å². The Morgan fingerprint density at radius 3 is 1.68 bits per heavy atom. The monoisotopic (exact) mass is 476 g/mol. The first-order chi connectivity index (χ1) is 18.2. The Morgan fingerprint density at radius 1 is 0.459 bits per heavy atom. The maximum Gasteiger partial charge on any atom is 0.238 e. The van der Waals surface area contributed by atoms with Gasteiger partial charge >= 0.3 is 0 Å². The SMILES string of the molecule is Cc1cccc2ccc3c(c12)c1c(C)cccc1n3-c1nc(-c2ccccc2)nc(-c2ccccc2)n1. The van der Waals surface area contributed by atoms with Gasteiger partial charge in [-0.1, -0.05) is 97.1 Å². The lowest BCUT2D eigenvalue weighted by molar-refractivity contribution is 0.953. The zero-order chi connectivity index (χ0) is 24.9. The third kappa shape index (κ3) is 3.41. The first-order valence-corrected chi connectivity index (χ1v) is 12.5. The molecule has 7 aromatic rings. The fourth-order valence-electron chi connectivity index (χ4n) is 5.40. The molecule has 2 aromatic heterocycles. The molecular formula is C33H24N4. The van der Waals surface area contributed by atoms with Gasteiger partial charge in [-0.2, -0.15) is 9.97 Å². The molecule has 0 aliphatic carbocycles. The van der Waals surface area contributed by atoms with Crippen molar-refractivity contribution in [3.05, 3.63) is 120 Å². The van der Waals surface area contributed by atoms with Gasteiger partial charge in [0.2, 0.25) is 5.95 Å². The molecule has 0 N–H and O–H groups in total. The van der Waals surface area contributed by atoms with Crippen molar-refractivity contribution in [1.82, 2.24) is 19.5 Å². The second-order valence-electron chi connectivity index (χ2n) is 9.45. The lowest BCUT2D eigenvalue weighted by Gasteiger charge is -2.11. The summed E-state index contributed by atoms with van der Waals surface area (Å²) in [6.07, 6.45) is 0. The Balaban J connectivity index is 1.63. The standard InChI is InChI=1S/C33H24N4/c1-21-11-9-17-23-19-20-27-30(28(21)23)29-22(2)12-10-18-26(29)37(27)33-35-31(24-13-5-3-6-14-24)34-32(36-33)25-15-7-4-8-16-25/h3-20H,1-2H3. The molecule has 0 fully saturated rings. The molecule has 4 nitrogen and oxygen atoms in total. The fourth-order valence-corrected chi connectivity index (χ4v) is 5.40. The average Bonchev–Trinajstić information content (AvgIpc) is 3.29. The van der Waals surface area contributed by atoms with E-state index in [4.69, 9.17) is 15.0 Å². The molecule has 2 heterocycles. The molecule has 0 bridgehead atoms. The van der Waals surface area contributed by atoms with Gasteiger partial charge in [-0.05, 0) is 47.9 Å². The summed E-state index contributed by atoms with van der Waals surface area (Å²) >= 11 is 0. The maximum absolute atomic E-state index is 5.04. The van der Waals surface area contributed by atoms with E-state index >= 15 is 0 Å². The van der Waals surface area contributed by atoms with E-state index in [2.05, 4.69) is 66.9 Å². The van der Waals surface area contributed by atoms with Crippen LogP contribution in [0.15, 0.2) is 109 Å². The largest absolute Gasteiger partial charge is 0.278 e. The number of fused-ring (bicyclic) bond motifs is 5. The van der Waals surface area contributed by atoms with Crippen molar-refractivity contribution in [3.8, 4) is 28.7 Å². The van der Waals surface area contributed by atoms with Crippen molar-refractivity contribution < 1.29 is 0 Å². The van der Waals surface area contributed by atoms with E-state index in [9.17, 15) is 0 Å². The van der Waals surface area contributed by atoms with Crippen molar-refractivity contribution >= 4 is 32.6 Å². The second kappa shape index (κ2) is 8.38. The van der Waals surface area contributed by atoms with E-state index in [-0.39, 0.29) is 0 Å². The Labute approximate surface area is 214 Å². The van der Waals surface area contributed by atoms with E-state index < -0.39 is 0 Å². The molecule has 0 saturated heterocycles. The molecule has 5 aromatic carbocycles. The maximum atomic E-state index is 5.04. The van der Waals surface area contributed by atoms with Gasteiger partial charge in [0.1, 0.15) is 0 Å². The molecule has 37 heavy (non-hydrogen) atoms. The number of hydrogen-bond donors (Lipinski definition) is 0. The summed E-state index contributed by atoms with van der Waals surface area (Å²) in [4.78, 5) is 15.0. The zero-order valence-electron chi connectivity index (χ0n) is 20.7.